The molecule has 1 atom stereocenters. The van der Waals surface area contributed by atoms with E-state index in [0.717, 1.165) is 12.8 Å². The second-order valence-electron chi connectivity index (χ2n) is 4.01. The molecular formula is C9H18Cl5Si2. The van der Waals surface area contributed by atoms with E-state index in [0.29, 0.717) is 6.04 Å². The van der Waals surface area contributed by atoms with Crippen molar-refractivity contribution in [3.63, 3.8) is 0 Å². The van der Waals surface area contributed by atoms with Gasteiger partial charge in [0, 0.05) is 0 Å². The van der Waals surface area contributed by atoms with Gasteiger partial charge >= 0.3 is 6.00 Å². The summed E-state index contributed by atoms with van der Waals surface area (Å²) < 4.78 is 0. The van der Waals surface area contributed by atoms with E-state index in [-0.39, 0.29) is 5.54 Å². The van der Waals surface area contributed by atoms with Crippen molar-refractivity contribution in [2.45, 2.75) is 57.0 Å². The van der Waals surface area contributed by atoms with Gasteiger partial charge in [0.05, 0.1) is 0 Å². The number of hydrogen-bond acceptors (Lipinski definition) is 0. The molecule has 16 heavy (non-hydrogen) atoms. The Morgan fingerprint density at radius 2 is 1.56 bits per heavy atom. The van der Waals surface area contributed by atoms with E-state index in [9.17, 15) is 0 Å². The average Bonchev–Trinajstić information content (AvgIpc) is 2.13. The van der Waals surface area contributed by atoms with Crippen molar-refractivity contribution in [3.8, 4) is 0 Å². The molecule has 0 amide bonds. The molecule has 0 rings (SSSR count). The van der Waals surface area contributed by atoms with E-state index in [2.05, 4.69) is 6.92 Å². The minimum atomic E-state index is -2.59. The van der Waals surface area contributed by atoms with Crippen LogP contribution < -0.4 is 0 Å². The first-order valence-electron chi connectivity index (χ1n) is 5.61. The zero-order chi connectivity index (χ0) is 12.6. The standard InChI is InChI=1S/C9H18Cl5Si2/c1-2-3-4-5-6-7-9(15(10)11)8-16(12,13)14/h9H,2-8H2,1H3. The molecule has 7 heteroatoms. The quantitative estimate of drug-likeness (QED) is 0.256. The lowest BCUT2D eigenvalue weighted by atomic mass is 10.1. The van der Waals surface area contributed by atoms with Crippen molar-refractivity contribution in [2.75, 3.05) is 0 Å². The van der Waals surface area contributed by atoms with Crippen molar-refractivity contribution in [1.82, 2.24) is 0 Å². The lowest BCUT2D eigenvalue weighted by Gasteiger charge is -2.19. The van der Waals surface area contributed by atoms with Crippen molar-refractivity contribution in [3.05, 3.63) is 0 Å². The largest absolute Gasteiger partial charge is 0.341 e. The van der Waals surface area contributed by atoms with Gasteiger partial charge in [-0.25, -0.2) is 0 Å². The lowest BCUT2D eigenvalue weighted by Crippen LogP contribution is -2.18. The molecule has 0 aromatic carbocycles. The van der Waals surface area contributed by atoms with Crippen molar-refractivity contribution >= 4 is 68.8 Å². The summed E-state index contributed by atoms with van der Waals surface area (Å²) in [4.78, 5) is 0. The number of halogens is 5. The van der Waals surface area contributed by atoms with Crippen molar-refractivity contribution in [2.24, 2.45) is 0 Å². The summed E-state index contributed by atoms with van der Waals surface area (Å²) >= 11 is 29.7. The third kappa shape index (κ3) is 11.0. The molecule has 0 N–H and O–H groups in total. The molecular weight excluding hydrogens is 342 g/mol. The van der Waals surface area contributed by atoms with Gasteiger partial charge < -0.3 is 0 Å². The van der Waals surface area contributed by atoms with Crippen LogP contribution in [0.1, 0.15) is 45.4 Å². The zero-order valence-corrected chi connectivity index (χ0v) is 15.2. The first-order chi connectivity index (χ1) is 7.37. The van der Waals surface area contributed by atoms with E-state index in [4.69, 9.17) is 55.4 Å². The third-order valence-electron chi connectivity index (χ3n) is 2.44. The molecule has 0 aliphatic carbocycles. The van der Waals surface area contributed by atoms with Gasteiger partial charge in [-0.3, -0.25) is 0 Å². The maximum Gasteiger partial charge on any atom is 0.341 e. The summed E-state index contributed by atoms with van der Waals surface area (Å²) in [6, 6.07) is -1.98. The van der Waals surface area contributed by atoms with Crippen LogP contribution in [0.25, 0.3) is 0 Å². The van der Waals surface area contributed by atoms with E-state index in [1.54, 1.807) is 0 Å². The predicted molar refractivity (Wildman–Crippen MR) is 82.7 cm³/mol. The van der Waals surface area contributed by atoms with Gasteiger partial charge in [0.1, 0.15) is 0 Å². The highest BCUT2D eigenvalue weighted by molar-refractivity contribution is 7.65. The SMILES string of the molecule is CCCCCCCC(C[Si](Cl)(Cl)Cl)[Si](Cl)Cl. The Morgan fingerprint density at radius 1 is 1.00 bits per heavy atom. The molecule has 0 heterocycles. The Morgan fingerprint density at radius 3 is 2.00 bits per heavy atom. The monoisotopic (exact) mass is 357 g/mol. The molecule has 1 unspecified atom stereocenters. The van der Waals surface area contributed by atoms with Crippen LogP contribution in [-0.4, -0.2) is 13.4 Å². The van der Waals surface area contributed by atoms with Gasteiger partial charge in [-0.1, -0.05) is 45.4 Å². The number of rotatable bonds is 9. The highest BCUT2D eigenvalue weighted by atomic mass is 35.8. The molecule has 0 bridgehead atoms. The fraction of sp³-hybridized carbons (Fsp3) is 1.00. The van der Waals surface area contributed by atoms with Crippen molar-refractivity contribution in [1.29, 1.82) is 0 Å². The Balaban J connectivity index is 3.78. The smallest absolute Gasteiger partial charge is 0.146 e. The van der Waals surface area contributed by atoms with Crippen LogP contribution in [0.4, 0.5) is 0 Å². The lowest BCUT2D eigenvalue weighted by molar-refractivity contribution is 0.600. The molecule has 0 aromatic heterocycles. The van der Waals surface area contributed by atoms with E-state index in [1.807, 2.05) is 0 Å². The van der Waals surface area contributed by atoms with Crippen LogP contribution in [0.3, 0.4) is 0 Å². The van der Waals surface area contributed by atoms with E-state index >= 15 is 0 Å². The summed E-state index contributed by atoms with van der Waals surface area (Å²) in [5, 5.41) is 0. The number of hydrogen-bond donors (Lipinski definition) is 0. The summed E-state index contributed by atoms with van der Waals surface area (Å²) in [5.74, 6) is 0. The fourth-order valence-corrected chi connectivity index (χ4v) is 9.17. The van der Waals surface area contributed by atoms with Crippen LogP contribution in [0.15, 0.2) is 0 Å². The highest BCUT2D eigenvalue weighted by Gasteiger charge is 2.33. The molecule has 0 fully saturated rings. The predicted octanol–water partition coefficient (Wildman–Crippen LogP) is 6.34. The van der Waals surface area contributed by atoms with Crippen LogP contribution in [0, 0.1) is 0 Å². The second-order valence-corrected chi connectivity index (χ2v) is 17.6. The van der Waals surface area contributed by atoms with Crippen molar-refractivity contribution < 1.29 is 0 Å². The molecule has 0 aliphatic heterocycles. The summed E-state index contributed by atoms with van der Waals surface area (Å²) in [6.07, 6.45) is 7.21. The minimum absolute atomic E-state index is 0.231. The Labute approximate surface area is 125 Å². The molecule has 0 aliphatic rings. The first-order valence-corrected chi connectivity index (χ1v) is 14.5. The Hall–Kier alpha value is 1.88. The molecule has 0 saturated carbocycles. The molecule has 1 radical (unpaired) electrons. The molecule has 0 aromatic rings. The van der Waals surface area contributed by atoms with Gasteiger partial charge in [-0.15, -0.1) is 55.4 Å². The molecule has 0 nitrogen and oxygen atoms in total. The molecule has 0 saturated heterocycles. The summed E-state index contributed by atoms with van der Waals surface area (Å²) in [5.41, 5.74) is 0.231. The van der Waals surface area contributed by atoms with Gasteiger partial charge in [0.15, 0.2) is 0 Å². The number of unbranched alkanes of at least 4 members (excludes halogenated alkanes) is 4. The fourth-order valence-electron chi connectivity index (χ4n) is 1.56. The second kappa shape index (κ2) is 9.77. The topological polar surface area (TPSA) is 0 Å². The van der Waals surface area contributed by atoms with Crippen LogP contribution in [0.5, 0.6) is 0 Å². The van der Waals surface area contributed by atoms with E-state index < -0.39 is 13.4 Å². The Bertz CT molecular complexity index is 172. The normalized spacial score (nSPS) is 14.4. The maximum absolute atomic E-state index is 6.00. The van der Waals surface area contributed by atoms with Gasteiger partial charge in [0.2, 0.25) is 0 Å². The summed E-state index contributed by atoms with van der Waals surface area (Å²) in [7, 11) is -1.37. The molecule has 0 spiro atoms. The first kappa shape index (κ1) is 17.9. The van der Waals surface area contributed by atoms with Crippen LogP contribution >= 0.6 is 55.4 Å². The van der Waals surface area contributed by atoms with Crippen LogP contribution in [-0.2, 0) is 0 Å². The Kier molecular flexibility index (Phi) is 10.9. The van der Waals surface area contributed by atoms with Crippen LogP contribution in [0.2, 0.25) is 11.6 Å². The van der Waals surface area contributed by atoms with Gasteiger partial charge in [0.25, 0.3) is 7.42 Å². The maximum atomic E-state index is 6.00. The third-order valence-corrected chi connectivity index (χ3v) is 8.16. The van der Waals surface area contributed by atoms with Gasteiger partial charge in [-0.2, -0.15) is 0 Å². The minimum Gasteiger partial charge on any atom is -0.146 e. The van der Waals surface area contributed by atoms with E-state index in [1.165, 1.54) is 25.7 Å². The molecule has 97 valence electrons. The highest BCUT2D eigenvalue weighted by Crippen LogP contribution is 2.38. The summed E-state index contributed by atoms with van der Waals surface area (Å²) in [6.45, 7) is 2.20. The zero-order valence-electron chi connectivity index (χ0n) is 9.42. The van der Waals surface area contributed by atoms with Gasteiger partial charge in [-0.05, 0) is 11.6 Å². The average molecular weight is 360 g/mol.